The second-order valence-electron chi connectivity index (χ2n) is 4.93. The van der Waals surface area contributed by atoms with E-state index >= 15 is 0 Å². The van der Waals surface area contributed by atoms with E-state index in [0.29, 0.717) is 12.3 Å². The third-order valence-corrected chi connectivity index (χ3v) is 2.95. The summed E-state index contributed by atoms with van der Waals surface area (Å²) in [5.41, 5.74) is 0. The summed E-state index contributed by atoms with van der Waals surface area (Å²) >= 11 is 0. The molecule has 1 aromatic heterocycles. The van der Waals surface area contributed by atoms with Crippen LogP contribution < -0.4 is 5.32 Å². The standard InChI is InChI=1S/C14H22N2O4/c1-10(14(18)19-4)8-16(3)9-13(17)15-11(2)12-6-5-7-20-12/h5-7,10-11H,8-9H2,1-4H3,(H,15,17). The lowest BCUT2D eigenvalue weighted by Gasteiger charge is -2.20. The number of rotatable bonds is 7. The number of amides is 1. The van der Waals surface area contributed by atoms with Gasteiger partial charge < -0.3 is 14.5 Å². The Bertz CT molecular complexity index is 430. The summed E-state index contributed by atoms with van der Waals surface area (Å²) in [6, 6.07) is 3.42. The Kier molecular flexibility index (Phi) is 6.24. The van der Waals surface area contributed by atoms with Gasteiger partial charge in [-0.1, -0.05) is 6.92 Å². The van der Waals surface area contributed by atoms with Gasteiger partial charge in [0.05, 0.1) is 31.9 Å². The first-order valence-corrected chi connectivity index (χ1v) is 6.53. The molecule has 0 fully saturated rings. The number of hydrogen-bond donors (Lipinski definition) is 1. The molecule has 112 valence electrons. The molecular formula is C14H22N2O4. The van der Waals surface area contributed by atoms with Gasteiger partial charge in [0.2, 0.25) is 5.91 Å². The molecule has 0 bridgehead atoms. The third kappa shape index (κ3) is 5.05. The molecule has 1 rings (SSSR count). The molecule has 6 nitrogen and oxygen atoms in total. The van der Waals surface area contributed by atoms with E-state index in [1.54, 1.807) is 31.2 Å². The fourth-order valence-electron chi connectivity index (χ4n) is 1.95. The maximum Gasteiger partial charge on any atom is 0.309 e. The van der Waals surface area contributed by atoms with Crippen LogP contribution in [0, 0.1) is 5.92 Å². The van der Waals surface area contributed by atoms with Gasteiger partial charge in [-0.2, -0.15) is 0 Å². The normalized spacial score (nSPS) is 13.8. The lowest BCUT2D eigenvalue weighted by Crippen LogP contribution is -2.39. The van der Waals surface area contributed by atoms with E-state index in [4.69, 9.17) is 4.42 Å². The Morgan fingerprint density at radius 2 is 2.15 bits per heavy atom. The lowest BCUT2D eigenvalue weighted by molar-refractivity contribution is -0.145. The van der Waals surface area contributed by atoms with E-state index in [-0.39, 0.29) is 30.4 Å². The number of furan rings is 1. The average Bonchev–Trinajstić information content (AvgIpc) is 2.90. The SMILES string of the molecule is COC(=O)C(C)CN(C)CC(=O)NC(C)c1ccco1. The van der Waals surface area contributed by atoms with Crippen molar-refractivity contribution in [2.75, 3.05) is 27.2 Å². The van der Waals surface area contributed by atoms with Crippen molar-refractivity contribution in [3.8, 4) is 0 Å². The summed E-state index contributed by atoms with van der Waals surface area (Å²) in [6.07, 6.45) is 1.57. The first kappa shape index (κ1) is 16.2. The number of esters is 1. The van der Waals surface area contributed by atoms with Gasteiger partial charge in [0, 0.05) is 6.54 Å². The summed E-state index contributed by atoms with van der Waals surface area (Å²) in [5.74, 6) is 0.0545. The number of carbonyl (C=O) groups excluding carboxylic acids is 2. The number of nitrogens with one attached hydrogen (secondary N) is 1. The van der Waals surface area contributed by atoms with Gasteiger partial charge in [0.1, 0.15) is 5.76 Å². The first-order valence-electron chi connectivity index (χ1n) is 6.53. The minimum Gasteiger partial charge on any atom is -0.469 e. The fraction of sp³-hybridized carbons (Fsp3) is 0.571. The second-order valence-corrected chi connectivity index (χ2v) is 4.93. The van der Waals surface area contributed by atoms with Crippen molar-refractivity contribution in [3.63, 3.8) is 0 Å². The zero-order valence-corrected chi connectivity index (χ0v) is 12.4. The highest BCUT2D eigenvalue weighted by Crippen LogP contribution is 2.11. The summed E-state index contributed by atoms with van der Waals surface area (Å²) in [7, 11) is 3.15. The molecule has 0 saturated heterocycles. The molecular weight excluding hydrogens is 260 g/mol. The van der Waals surface area contributed by atoms with E-state index in [9.17, 15) is 9.59 Å². The maximum absolute atomic E-state index is 11.9. The van der Waals surface area contributed by atoms with Gasteiger partial charge in [0.15, 0.2) is 0 Å². The van der Waals surface area contributed by atoms with Crippen LogP contribution in [0.3, 0.4) is 0 Å². The maximum atomic E-state index is 11.9. The van der Waals surface area contributed by atoms with Crippen molar-refractivity contribution in [1.82, 2.24) is 10.2 Å². The average molecular weight is 282 g/mol. The van der Waals surface area contributed by atoms with Gasteiger partial charge in [-0.15, -0.1) is 0 Å². The van der Waals surface area contributed by atoms with E-state index in [1.165, 1.54) is 7.11 Å². The highest BCUT2D eigenvalue weighted by molar-refractivity contribution is 5.78. The molecule has 20 heavy (non-hydrogen) atoms. The number of hydrogen-bond acceptors (Lipinski definition) is 5. The highest BCUT2D eigenvalue weighted by Gasteiger charge is 2.18. The molecule has 6 heteroatoms. The Morgan fingerprint density at radius 1 is 1.45 bits per heavy atom. The van der Waals surface area contributed by atoms with Crippen LogP contribution in [0.2, 0.25) is 0 Å². The molecule has 1 aromatic rings. The van der Waals surface area contributed by atoms with Gasteiger partial charge in [-0.25, -0.2) is 0 Å². The van der Waals surface area contributed by atoms with E-state index in [1.807, 2.05) is 13.0 Å². The van der Waals surface area contributed by atoms with Crippen molar-refractivity contribution < 1.29 is 18.7 Å². The minimum atomic E-state index is -0.277. The zero-order valence-electron chi connectivity index (χ0n) is 12.4. The van der Waals surface area contributed by atoms with E-state index in [2.05, 4.69) is 10.1 Å². The molecule has 0 spiro atoms. The van der Waals surface area contributed by atoms with Crippen molar-refractivity contribution in [3.05, 3.63) is 24.2 Å². The summed E-state index contributed by atoms with van der Waals surface area (Å²) in [5, 5.41) is 2.84. The van der Waals surface area contributed by atoms with Crippen LogP contribution in [-0.2, 0) is 14.3 Å². The van der Waals surface area contributed by atoms with Crippen LogP contribution in [0.1, 0.15) is 25.6 Å². The van der Waals surface area contributed by atoms with Crippen molar-refractivity contribution in [2.45, 2.75) is 19.9 Å². The van der Waals surface area contributed by atoms with E-state index < -0.39 is 0 Å². The zero-order chi connectivity index (χ0) is 15.1. The molecule has 0 aliphatic heterocycles. The molecule has 0 aromatic carbocycles. The Morgan fingerprint density at radius 3 is 2.70 bits per heavy atom. The molecule has 2 atom stereocenters. The van der Waals surface area contributed by atoms with Crippen LogP contribution in [0.5, 0.6) is 0 Å². The van der Waals surface area contributed by atoms with Gasteiger partial charge in [0.25, 0.3) is 0 Å². The Labute approximate surface area is 119 Å². The topological polar surface area (TPSA) is 71.8 Å². The molecule has 2 unspecified atom stereocenters. The molecule has 1 heterocycles. The minimum absolute atomic E-state index is 0.117. The largest absolute Gasteiger partial charge is 0.469 e. The molecule has 0 aliphatic rings. The van der Waals surface area contributed by atoms with Crippen LogP contribution in [0.4, 0.5) is 0 Å². The van der Waals surface area contributed by atoms with Crippen molar-refractivity contribution in [1.29, 1.82) is 0 Å². The smallest absolute Gasteiger partial charge is 0.309 e. The van der Waals surface area contributed by atoms with E-state index in [0.717, 1.165) is 0 Å². The Balaban J connectivity index is 2.36. The monoisotopic (exact) mass is 282 g/mol. The highest BCUT2D eigenvalue weighted by atomic mass is 16.5. The Hall–Kier alpha value is -1.82. The molecule has 0 saturated carbocycles. The number of ether oxygens (including phenoxy) is 1. The van der Waals surface area contributed by atoms with Gasteiger partial charge in [-0.05, 0) is 26.1 Å². The quantitative estimate of drug-likeness (QED) is 0.761. The van der Waals surface area contributed by atoms with Crippen LogP contribution in [0.15, 0.2) is 22.8 Å². The predicted molar refractivity (Wildman–Crippen MR) is 73.9 cm³/mol. The number of carbonyl (C=O) groups is 2. The summed E-state index contributed by atoms with van der Waals surface area (Å²) in [6.45, 7) is 4.31. The number of likely N-dealkylation sites (N-methyl/N-ethyl adjacent to an activating group) is 1. The number of nitrogens with zero attached hydrogens (tertiary/aromatic N) is 1. The predicted octanol–water partition coefficient (Wildman–Crippen LogP) is 1.20. The van der Waals surface area contributed by atoms with Crippen LogP contribution in [0.25, 0.3) is 0 Å². The third-order valence-electron chi connectivity index (χ3n) is 2.95. The summed E-state index contributed by atoms with van der Waals surface area (Å²) in [4.78, 5) is 25.0. The van der Waals surface area contributed by atoms with Crippen LogP contribution in [-0.4, -0.2) is 44.0 Å². The molecule has 0 aliphatic carbocycles. The lowest BCUT2D eigenvalue weighted by atomic mass is 10.2. The number of methoxy groups -OCH3 is 1. The van der Waals surface area contributed by atoms with Gasteiger partial charge >= 0.3 is 5.97 Å². The first-order chi connectivity index (χ1) is 9.43. The van der Waals surface area contributed by atoms with Gasteiger partial charge in [-0.3, -0.25) is 14.5 Å². The fourth-order valence-corrected chi connectivity index (χ4v) is 1.95. The summed E-state index contributed by atoms with van der Waals surface area (Å²) < 4.78 is 9.88. The second kappa shape index (κ2) is 7.69. The van der Waals surface area contributed by atoms with Crippen molar-refractivity contribution in [2.24, 2.45) is 5.92 Å². The molecule has 1 N–H and O–H groups in total. The molecule has 0 radical (unpaired) electrons. The molecule has 1 amide bonds. The van der Waals surface area contributed by atoms with Crippen LogP contribution >= 0.6 is 0 Å². The van der Waals surface area contributed by atoms with Crippen molar-refractivity contribution >= 4 is 11.9 Å².